The first-order valence-corrected chi connectivity index (χ1v) is 7.96. The van der Waals surface area contributed by atoms with E-state index in [1.54, 1.807) is 6.07 Å². The predicted molar refractivity (Wildman–Crippen MR) is 91.5 cm³/mol. The number of ether oxygens (including phenoxy) is 1. The molecule has 2 atom stereocenters. The Morgan fingerprint density at radius 2 is 2.00 bits per heavy atom. The summed E-state index contributed by atoms with van der Waals surface area (Å²) in [5, 5.41) is 3.37. The van der Waals surface area contributed by atoms with Crippen molar-refractivity contribution in [2.45, 2.75) is 32.7 Å². The fourth-order valence-corrected chi connectivity index (χ4v) is 3.35. The fraction of sp³-hybridized carbons (Fsp3) is 0.647. The molecule has 3 nitrogen and oxygen atoms in total. The summed E-state index contributed by atoms with van der Waals surface area (Å²) in [7, 11) is 1.53. The van der Waals surface area contributed by atoms with Gasteiger partial charge >= 0.3 is 0 Å². The number of halogens is 2. The van der Waals surface area contributed by atoms with Crippen LogP contribution in [0.3, 0.4) is 0 Å². The molecule has 0 aromatic heterocycles. The minimum atomic E-state index is -0.202. The van der Waals surface area contributed by atoms with Crippen LogP contribution in [0.25, 0.3) is 0 Å². The molecule has 0 saturated carbocycles. The van der Waals surface area contributed by atoms with Gasteiger partial charge in [-0.3, -0.25) is 4.90 Å². The summed E-state index contributed by atoms with van der Waals surface area (Å²) in [6, 6.07) is 5.63. The minimum absolute atomic E-state index is 0. The molecule has 1 unspecified atom stereocenters. The monoisotopic (exact) mass is 330 g/mol. The van der Waals surface area contributed by atoms with Crippen molar-refractivity contribution in [2.24, 2.45) is 5.92 Å². The Kier molecular flexibility index (Phi) is 8.15. The highest BCUT2D eigenvalue weighted by Gasteiger charge is 2.29. The van der Waals surface area contributed by atoms with E-state index in [2.05, 4.69) is 24.1 Å². The quantitative estimate of drug-likeness (QED) is 0.862. The molecular weight excluding hydrogens is 303 g/mol. The highest BCUT2D eigenvalue weighted by Crippen LogP contribution is 2.35. The summed E-state index contributed by atoms with van der Waals surface area (Å²) in [6.45, 7) is 8.30. The Morgan fingerprint density at radius 1 is 1.32 bits per heavy atom. The molecule has 0 amide bonds. The van der Waals surface area contributed by atoms with Crippen molar-refractivity contribution in [3.63, 3.8) is 0 Å². The largest absolute Gasteiger partial charge is 0.494 e. The molecule has 0 bridgehead atoms. The number of hydrogen-bond donors (Lipinski definition) is 1. The fourth-order valence-electron chi connectivity index (χ4n) is 3.35. The van der Waals surface area contributed by atoms with Gasteiger partial charge in [-0.1, -0.05) is 32.4 Å². The lowest BCUT2D eigenvalue weighted by Crippen LogP contribution is -2.46. The first-order valence-electron chi connectivity index (χ1n) is 7.96. The molecule has 0 radical (unpaired) electrons. The van der Waals surface area contributed by atoms with Gasteiger partial charge in [-0.15, -0.1) is 12.4 Å². The van der Waals surface area contributed by atoms with E-state index in [1.165, 1.54) is 7.11 Å². The van der Waals surface area contributed by atoms with E-state index in [1.807, 2.05) is 12.1 Å². The average molecular weight is 331 g/mol. The van der Waals surface area contributed by atoms with E-state index in [0.29, 0.717) is 11.7 Å². The van der Waals surface area contributed by atoms with Crippen LogP contribution in [-0.2, 0) is 0 Å². The normalized spacial score (nSPS) is 18.4. The molecule has 0 spiro atoms. The van der Waals surface area contributed by atoms with Crippen LogP contribution in [0.15, 0.2) is 18.2 Å². The summed E-state index contributed by atoms with van der Waals surface area (Å²) in [6.07, 6.45) is 2.22. The molecule has 1 fully saturated rings. The van der Waals surface area contributed by atoms with Gasteiger partial charge in [-0.2, -0.15) is 0 Å². The topological polar surface area (TPSA) is 24.5 Å². The van der Waals surface area contributed by atoms with Crippen molar-refractivity contribution < 1.29 is 9.13 Å². The SMILES string of the molecule is CCCC(C)[C@@H](c1cccc(OC)c1F)N1CCNCC1.Cl. The molecule has 126 valence electrons. The number of piperazine rings is 1. The summed E-state index contributed by atoms with van der Waals surface area (Å²) in [5.74, 6) is 0.567. The molecular formula is C17H28ClFN2O. The average Bonchev–Trinajstić information content (AvgIpc) is 2.51. The predicted octanol–water partition coefficient (Wildman–Crippen LogP) is 3.64. The number of rotatable bonds is 6. The molecule has 1 aromatic rings. The van der Waals surface area contributed by atoms with Crippen LogP contribution in [0.5, 0.6) is 5.75 Å². The molecule has 1 heterocycles. The van der Waals surface area contributed by atoms with E-state index in [-0.39, 0.29) is 24.3 Å². The van der Waals surface area contributed by atoms with Gasteiger partial charge in [0.25, 0.3) is 0 Å². The van der Waals surface area contributed by atoms with Crippen LogP contribution in [0, 0.1) is 11.7 Å². The van der Waals surface area contributed by atoms with Gasteiger partial charge in [0.05, 0.1) is 7.11 Å². The molecule has 0 aliphatic carbocycles. The van der Waals surface area contributed by atoms with E-state index < -0.39 is 0 Å². The van der Waals surface area contributed by atoms with Gasteiger partial charge in [-0.05, 0) is 18.4 Å². The van der Waals surface area contributed by atoms with Crippen LogP contribution in [0.4, 0.5) is 4.39 Å². The lowest BCUT2D eigenvalue weighted by Gasteiger charge is -2.39. The molecule has 5 heteroatoms. The first-order chi connectivity index (χ1) is 10.2. The maximum Gasteiger partial charge on any atom is 0.169 e. The van der Waals surface area contributed by atoms with Crippen molar-refractivity contribution in [3.05, 3.63) is 29.6 Å². The second kappa shape index (κ2) is 9.33. The van der Waals surface area contributed by atoms with Gasteiger partial charge in [0.15, 0.2) is 11.6 Å². The summed E-state index contributed by atoms with van der Waals surface area (Å²) >= 11 is 0. The van der Waals surface area contributed by atoms with Crippen molar-refractivity contribution in [3.8, 4) is 5.75 Å². The van der Waals surface area contributed by atoms with Crippen molar-refractivity contribution >= 4 is 12.4 Å². The second-order valence-electron chi connectivity index (χ2n) is 5.86. The Bertz CT molecular complexity index is 452. The molecule has 1 aliphatic rings. The third-order valence-corrected chi connectivity index (χ3v) is 4.36. The van der Waals surface area contributed by atoms with Gasteiger partial charge in [0, 0.05) is 37.8 Å². The molecule has 1 aliphatic heterocycles. The van der Waals surface area contributed by atoms with Gasteiger partial charge < -0.3 is 10.1 Å². The zero-order valence-electron chi connectivity index (χ0n) is 13.8. The Balaban J connectivity index is 0.00000242. The molecule has 1 aromatic carbocycles. The van der Waals surface area contributed by atoms with Crippen LogP contribution in [0.2, 0.25) is 0 Å². The number of benzene rings is 1. The van der Waals surface area contributed by atoms with Gasteiger partial charge in [-0.25, -0.2) is 4.39 Å². The van der Waals surface area contributed by atoms with E-state index in [4.69, 9.17) is 4.74 Å². The van der Waals surface area contributed by atoms with Gasteiger partial charge in [0.1, 0.15) is 0 Å². The van der Waals surface area contributed by atoms with Crippen LogP contribution in [0.1, 0.15) is 38.3 Å². The lowest BCUT2D eigenvalue weighted by atomic mass is 9.88. The minimum Gasteiger partial charge on any atom is -0.494 e. The number of hydrogen-bond acceptors (Lipinski definition) is 3. The number of nitrogens with one attached hydrogen (secondary N) is 1. The van der Waals surface area contributed by atoms with Crippen LogP contribution in [-0.4, -0.2) is 38.2 Å². The van der Waals surface area contributed by atoms with Crippen LogP contribution < -0.4 is 10.1 Å². The summed E-state index contributed by atoms with van der Waals surface area (Å²) < 4.78 is 19.9. The van der Waals surface area contributed by atoms with E-state index >= 15 is 0 Å². The van der Waals surface area contributed by atoms with Crippen molar-refractivity contribution in [2.75, 3.05) is 33.3 Å². The van der Waals surface area contributed by atoms with E-state index in [9.17, 15) is 4.39 Å². The van der Waals surface area contributed by atoms with E-state index in [0.717, 1.165) is 44.6 Å². The van der Waals surface area contributed by atoms with Crippen LogP contribution >= 0.6 is 12.4 Å². The smallest absolute Gasteiger partial charge is 0.169 e. The van der Waals surface area contributed by atoms with Crippen molar-refractivity contribution in [1.29, 1.82) is 0 Å². The highest BCUT2D eigenvalue weighted by molar-refractivity contribution is 5.85. The van der Waals surface area contributed by atoms with Gasteiger partial charge in [0.2, 0.25) is 0 Å². The Labute approximate surface area is 139 Å². The summed E-state index contributed by atoms with van der Waals surface area (Å²) in [4.78, 5) is 2.41. The molecule has 22 heavy (non-hydrogen) atoms. The third-order valence-electron chi connectivity index (χ3n) is 4.36. The Hall–Kier alpha value is -0.840. The Morgan fingerprint density at radius 3 is 2.59 bits per heavy atom. The zero-order valence-corrected chi connectivity index (χ0v) is 14.6. The maximum absolute atomic E-state index is 14.7. The lowest BCUT2D eigenvalue weighted by molar-refractivity contribution is 0.122. The number of methoxy groups -OCH3 is 1. The van der Waals surface area contributed by atoms with Crippen molar-refractivity contribution in [1.82, 2.24) is 10.2 Å². The first kappa shape index (κ1) is 19.2. The standard InChI is InChI=1S/C17H27FN2O.ClH/c1-4-6-13(2)17(20-11-9-19-10-12-20)14-7-5-8-15(21-3)16(14)18;/h5,7-8,13,17,19H,4,6,9-12H2,1-3H3;1H/t13?,17-;/m0./s1. The number of nitrogens with zero attached hydrogens (tertiary/aromatic N) is 1. The summed E-state index contributed by atoms with van der Waals surface area (Å²) in [5.41, 5.74) is 0.775. The third kappa shape index (κ3) is 4.34. The second-order valence-corrected chi connectivity index (χ2v) is 5.86. The zero-order chi connectivity index (χ0) is 15.2. The molecule has 1 saturated heterocycles. The maximum atomic E-state index is 14.7. The molecule has 1 N–H and O–H groups in total. The highest BCUT2D eigenvalue weighted by atomic mass is 35.5. The molecule has 2 rings (SSSR count).